The number of fused-ring (bicyclic) bond motifs is 1. The first kappa shape index (κ1) is 9.49. The molecule has 0 saturated carbocycles. The maximum absolute atomic E-state index is 11.6. The first-order valence-corrected chi connectivity index (χ1v) is 5.27. The van der Waals surface area contributed by atoms with Gasteiger partial charge in [0.1, 0.15) is 0 Å². The summed E-state index contributed by atoms with van der Waals surface area (Å²) in [5.41, 5.74) is 6.16. The fourth-order valence-corrected chi connectivity index (χ4v) is 2.62. The van der Waals surface area contributed by atoms with Crippen molar-refractivity contribution in [3.63, 3.8) is 0 Å². The quantitative estimate of drug-likeness (QED) is 0.701. The lowest BCUT2D eigenvalue weighted by Gasteiger charge is -2.02. The molecule has 0 amide bonds. The summed E-state index contributed by atoms with van der Waals surface area (Å²) >= 11 is 7.47. The molecule has 14 heavy (non-hydrogen) atoms. The van der Waals surface area contributed by atoms with Gasteiger partial charge in [0.2, 0.25) is 0 Å². The van der Waals surface area contributed by atoms with Crippen LogP contribution in [0.3, 0.4) is 0 Å². The van der Waals surface area contributed by atoms with Crippen molar-refractivity contribution in [3.05, 3.63) is 38.3 Å². The van der Waals surface area contributed by atoms with E-state index in [1.165, 1.54) is 11.3 Å². The van der Waals surface area contributed by atoms with Gasteiger partial charge in [0.25, 0.3) is 0 Å². The van der Waals surface area contributed by atoms with E-state index in [9.17, 15) is 4.79 Å². The van der Waals surface area contributed by atoms with E-state index >= 15 is 0 Å². The molecule has 72 valence electrons. The number of nitrogens with two attached hydrogens (primary N) is 1. The topological polar surface area (TPSA) is 43.1 Å². The molecule has 4 heteroatoms. The lowest BCUT2D eigenvalue weighted by molar-refractivity contribution is 1.57. The first-order chi connectivity index (χ1) is 6.59. The van der Waals surface area contributed by atoms with Crippen LogP contribution in [-0.4, -0.2) is 0 Å². The number of rotatable bonds is 0. The molecule has 0 spiro atoms. The van der Waals surface area contributed by atoms with Gasteiger partial charge in [-0.25, -0.2) is 0 Å². The third-order valence-corrected chi connectivity index (χ3v) is 3.48. The Hall–Kier alpha value is -1.06. The van der Waals surface area contributed by atoms with E-state index in [2.05, 4.69) is 0 Å². The predicted molar refractivity (Wildman–Crippen MR) is 62.3 cm³/mol. The van der Waals surface area contributed by atoms with Crippen molar-refractivity contribution in [2.24, 2.45) is 0 Å². The van der Waals surface area contributed by atoms with Gasteiger partial charge >= 0.3 is 0 Å². The third kappa shape index (κ3) is 1.38. The zero-order chi connectivity index (χ0) is 10.3. The van der Waals surface area contributed by atoms with Crippen LogP contribution in [0.15, 0.2) is 23.0 Å². The Kier molecular flexibility index (Phi) is 2.21. The number of aryl methyl sites for hydroxylation is 1. The fourth-order valence-electron chi connectivity index (χ4n) is 1.37. The van der Waals surface area contributed by atoms with E-state index in [0.717, 1.165) is 9.58 Å². The molecule has 0 radical (unpaired) electrons. The molecule has 0 aliphatic heterocycles. The highest BCUT2D eigenvalue weighted by molar-refractivity contribution is 7.19. The minimum atomic E-state index is -0.0590. The summed E-state index contributed by atoms with van der Waals surface area (Å²) < 4.78 is 0.775. The van der Waals surface area contributed by atoms with Gasteiger partial charge in [0.05, 0.1) is 15.1 Å². The van der Waals surface area contributed by atoms with E-state index < -0.39 is 0 Å². The van der Waals surface area contributed by atoms with Gasteiger partial charge in [-0.2, -0.15) is 0 Å². The highest BCUT2D eigenvalue weighted by Gasteiger charge is 2.07. The Bertz CT molecular complexity index is 562. The van der Waals surface area contributed by atoms with Crippen molar-refractivity contribution >= 4 is 38.7 Å². The molecule has 0 bridgehead atoms. The van der Waals surface area contributed by atoms with E-state index in [-0.39, 0.29) is 5.43 Å². The summed E-state index contributed by atoms with van der Waals surface area (Å²) in [4.78, 5) is 12.6. The van der Waals surface area contributed by atoms with Crippen LogP contribution < -0.4 is 11.2 Å². The molecule has 1 aromatic heterocycles. The Morgan fingerprint density at radius 2 is 2.14 bits per heavy atom. The summed E-state index contributed by atoms with van der Waals surface area (Å²) in [6.07, 6.45) is 0. The molecule has 0 saturated heterocycles. The largest absolute Gasteiger partial charge is 0.398 e. The zero-order valence-corrected chi connectivity index (χ0v) is 9.08. The number of halogens is 1. The zero-order valence-electron chi connectivity index (χ0n) is 7.50. The predicted octanol–water partition coefficient (Wildman–Crippen LogP) is 2.81. The number of hydrogen-bond donors (Lipinski definition) is 1. The van der Waals surface area contributed by atoms with Crippen molar-refractivity contribution in [3.8, 4) is 0 Å². The SMILES string of the molecule is Cc1cc(=O)c2c(N)ccc(Cl)c2s1. The van der Waals surface area contributed by atoms with Crippen LogP contribution in [0, 0.1) is 6.92 Å². The van der Waals surface area contributed by atoms with Gasteiger partial charge in [0.15, 0.2) is 5.43 Å². The standard InChI is InChI=1S/C10H8ClNOS/c1-5-4-8(13)9-7(12)3-2-6(11)10(9)14-5/h2-4H,12H2,1H3. The molecule has 2 aromatic rings. The summed E-state index contributed by atoms with van der Waals surface area (Å²) in [6.45, 7) is 1.88. The average molecular weight is 226 g/mol. The summed E-state index contributed by atoms with van der Waals surface area (Å²) in [7, 11) is 0. The summed E-state index contributed by atoms with van der Waals surface area (Å²) in [5.74, 6) is 0. The van der Waals surface area contributed by atoms with Gasteiger partial charge in [-0.05, 0) is 25.1 Å². The van der Waals surface area contributed by atoms with Crippen LogP contribution in [0.4, 0.5) is 5.69 Å². The normalized spacial score (nSPS) is 10.7. The lowest BCUT2D eigenvalue weighted by Crippen LogP contribution is -2.02. The first-order valence-electron chi connectivity index (χ1n) is 4.08. The summed E-state index contributed by atoms with van der Waals surface area (Å²) in [5, 5.41) is 1.12. The molecule has 1 heterocycles. The average Bonchev–Trinajstić information content (AvgIpc) is 2.10. The minimum Gasteiger partial charge on any atom is -0.398 e. The highest BCUT2D eigenvalue weighted by Crippen LogP contribution is 2.30. The maximum atomic E-state index is 11.6. The monoisotopic (exact) mass is 225 g/mol. The molecule has 0 atom stereocenters. The van der Waals surface area contributed by atoms with Crippen LogP contribution in [0.2, 0.25) is 5.02 Å². The fraction of sp³-hybridized carbons (Fsp3) is 0.100. The Morgan fingerprint density at radius 1 is 1.43 bits per heavy atom. The smallest absolute Gasteiger partial charge is 0.190 e. The van der Waals surface area contributed by atoms with Crippen LogP contribution in [-0.2, 0) is 0 Å². The molecule has 2 nitrogen and oxygen atoms in total. The molecule has 2 N–H and O–H groups in total. The second kappa shape index (κ2) is 3.26. The second-order valence-corrected chi connectivity index (χ2v) is 4.73. The molecular formula is C10H8ClNOS. The molecule has 2 rings (SSSR count). The van der Waals surface area contributed by atoms with Crippen molar-refractivity contribution in [2.75, 3.05) is 5.73 Å². The molecular weight excluding hydrogens is 218 g/mol. The van der Waals surface area contributed by atoms with Crippen LogP contribution in [0.1, 0.15) is 4.88 Å². The van der Waals surface area contributed by atoms with Crippen LogP contribution >= 0.6 is 22.9 Å². The van der Waals surface area contributed by atoms with Crippen molar-refractivity contribution in [1.29, 1.82) is 0 Å². The van der Waals surface area contributed by atoms with Gasteiger partial charge in [-0.3, -0.25) is 4.79 Å². The van der Waals surface area contributed by atoms with Crippen molar-refractivity contribution < 1.29 is 0 Å². The molecule has 0 aliphatic carbocycles. The van der Waals surface area contributed by atoms with Crippen molar-refractivity contribution in [1.82, 2.24) is 0 Å². The third-order valence-electron chi connectivity index (χ3n) is 1.99. The van der Waals surface area contributed by atoms with Gasteiger partial charge in [-0.1, -0.05) is 11.6 Å². The summed E-state index contributed by atoms with van der Waals surface area (Å²) in [6, 6.07) is 4.96. The van der Waals surface area contributed by atoms with E-state index in [1.807, 2.05) is 6.92 Å². The molecule has 0 aliphatic rings. The molecule has 1 aromatic carbocycles. The minimum absolute atomic E-state index is 0.0590. The van der Waals surface area contributed by atoms with Crippen LogP contribution in [0.25, 0.3) is 10.1 Å². The van der Waals surface area contributed by atoms with Crippen LogP contribution in [0.5, 0.6) is 0 Å². The number of hydrogen-bond acceptors (Lipinski definition) is 3. The van der Waals surface area contributed by atoms with E-state index in [1.54, 1.807) is 18.2 Å². The molecule has 0 fully saturated rings. The lowest BCUT2D eigenvalue weighted by atomic mass is 10.2. The Labute approximate surface area is 89.9 Å². The highest BCUT2D eigenvalue weighted by atomic mass is 35.5. The number of nitrogen functional groups attached to an aromatic ring is 1. The molecule has 0 unspecified atom stereocenters. The van der Waals surface area contributed by atoms with Gasteiger partial charge in [0, 0.05) is 10.6 Å². The van der Waals surface area contributed by atoms with Gasteiger partial charge < -0.3 is 5.73 Å². The number of anilines is 1. The van der Waals surface area contributed by atoms with Crippen molar-refractivity contribution in [2.45, 2.75) is 6.92 Å². The van der Waals surface area contributed by atoms with Gasteiger partial charge in [-0.15, -0.1) is 11.3 Å². The maximum Gasteiger partial charge on any atom is 0.190 e. The Morgan fingerprint density at radius 3 is 2.86 bits per heavy atom. The number of benzene rings is 1. The second-order valence-electron chi connectivity index (χ2n) is 3.06. The van der Waals surface area contributed by atoms with E-state index in [0.29, 0.717) is 16.1 Å². The Balaban J connectivity index is 3.08. The van der Waals surface area contributed by atoms with E-state index in [4.69, 9.17) is 17.3 Å².